The maximum atomic E-state index is 14.7. The van der Waals surface area contributed by atoms with E-state index >= 15 is 0 Å². The lowest BCUT2D eigenvalue weighted by molar-refractivity contribution is -0.154. The van der Waals surface area contributed by atoms with Crippen molar-refractivity contribution in [2.24, 2.45) is 11.3 Å². The molecule has 15 heteroatoms. The monoisotopic (exact) mass is 805 g/mol. The highest BCUT2D eigenvalue weighted by Gasteiger charge is 2.62. The molecule has 0 radical (unpaired) electrons. The number of hydroxylamine groups is 1. The number of amides is 3. The molecule has 3 heterocycles. The van der Waals surface area contributed by atoms with Gasteiger partial charge in [0.25, 0.3) is 5.91 Å². The number of likely N-dealkylation sites (tertiary alicyclic amines) is 1. The number of carbonyl (C=O) groups is 3. The summed E-state index contributed by atoms with van der Waals surface area (Å²) >= 11 is 6.39. The molecule has 0 bridgehead atoms. The average Bonchev–Trinajstić information content (AvgIpc) is 4.03. The van der Waals surface area contributed by atoms with E-state index in [0.29, 0.717) is 51.4 Å². The largest absolute Gasteiger partial charge is 0.484 e. The molecule has 2 aromatic heterocycles. The molecule has 56 heavy (non-hydrogen) atoms. The quantitative estimate of drug-likeness (QED) is 0.113. The van der Waals surface area contributed by atoms with Gasteiger partial charge in [-0.05, 0) is 63.6 Å². The Bertz CT molecular complexity index is 2310. The van der Waals surface area contributed by atoms with Crippen molar-refractivity contribution in [2.75, 3.05) is 6.54 Å². The topological polar surface area (TPSA) is 169 Å². The zero-order valence-corrected chi connectivity index (χ0v) is 33.9. The summed E-state index contributed by atoms with van der Waals surface area (Å²) in [6.07, 6.45) is 1.94. The lowest BCUT2D eigenvalue weighted by atomic mass is 9.86. The van der Waals surface area contributed by atoms with Gasteiger partial charge in [-0.2, -0.15) is 5.48 Å². The summed E-state index contributed by atoms with van der Waals surface area (Å²) in [5.41, 5.74) is 3.04. The molecule has 1 aliphatic heterocycles. The number of fused-ring (bicyclic) bond motifs is 3. The molecule has 7 rings (SSSR count). The minimum absolute atomic E-state index is 0.00260. The Morgan fingerprint density at radius 3 is 2.41 bits per heavy atom. The Morgan fingerprint density at radius 1 is 1.07 bits per heavy atom. The van der Waals surface area contributed by atoms with Gasteiger partial charge in [0.05, 0.1) is 23.1 Å². The lowest BCUT2D eigenvalue weighted by Gasteiger charge is -2.36. The summed E-state index contributed by atoms with van der Waals surface area (Å²) in [6.45, 7) is 15.0. The van der Waals surface area contributed by atoms with Crippen LogP contribution in [0, 0.1) is 11.3 Å². The fourth-order valence-electron chi connectivity index (χ4n) is 7.09. The van der Waals surface area contributed by atoms with Gasteiger partial charge in [-0.25, -0.2) is 13.4 Å². The molecule has 3 aliphatic rings. The number of hydrogen-bond acceptors (Lipinski definition) is 10. The number of pyridine rings is 1. The van der Waals surface area contributed by atoms with Gasteiger partial charge in [-0.1, -0.05) is 68.8 Å². The van der Waals surface area contributed by atoms with Crippen LogP contribution in [0.1, 0.15) is 67.2 Å². The molecule has 3 N–H and O–H groups in total. The van der Waals surface area contributed by atoms with Crippen LogP contribution >= 0.6 is 11.6 Å². The Kier molecular flexibility index (Phi) is 10.3. The predicted octanol–water partition coefficient (Wildman–Crippen LogP) is 6.05. The first-order chi connectivity index (χ1) is 26.3. The fourth-order valence-corrected chi connectivity index (χ4v) is 8.63. The standard InChI is InChI=1S/C41H48ClN5O8S/c1-8-24-21-41(24,38(50)46-56(51,52)27-15-16-27)44-36(48)30-19-26(22-47(30)37(49)35(39(2,3)4)45-55-40(5,6)7)53-32-20-29(23-12-10-9-11-13-23)43-33-28-18-25(42)14-17-31(28)54-34(32)33/h8-14,17-18,20,24,26-27,30,35,45H,1,15-16,19,21-22H2,2-7H3,(H,44,48)(H,46,50)/t24-,26-,30+,35-,41-/m1/s1. The van der Waals surface area contributed by atoms with E-state index < -0.39 is 73.7 Å². The number of halogens is 1. The maximum absolute atomic E-state index is 14.7. The second kappa shape index (κ2) is 14.5. The van der Waals surface area contributed by atoms with Crippen LogP contribution in [0.25, 0.3) is 33.3 Å². The summed E-state index contributed by atoms with van der Waals surface area (Å²) in [6, 6.07) is 14.6. The van der Waals surface area contributed by atoms with Crippen LogP contribution in [0.4, 0.5) is 0 Å². The van der Waals surface area contributed by atoms with E-state index in [4.69, 9.17) is 30.6 Å². The Hall–Kier alpha value is -4.50. The molecule has 4 aromatic rings. The maximum Gasteiger partial charge on any atom is 0.259 e. The van der Waals surface area contributed by atoms with E-state index in [1.807, 2.05) is 71.9 Å². The highest BCUT2D eigenvalue weighted by Crippen LogP contribution is 2.46. The molecule has 13 nitrogen and oxygen atoms in total. The Labute approximate surface area is 331 Å². The van der Waals surface area contributed by atoms with Crippen LogP contribution in [0.15, 0.2) is 71.7 Å². The van der Waals surface area contributed by atoms with E-state index in [2.05, 4.69) is 22.1 Å². The number of benzene rings is 2. The number of nitrogens with one attached hydrogen (secondary N) is 3. The summed E-state index contributed by atoms with van der Waals surface area (Å²) < 4.78 is 40.7. The first-order valence-electron chi connectivity index (χ1n) is 18.8. The first-order valence-corrected chi connectivity index (χ1v) is 20.7. The van der Waals surface area contributed by atoms with Gasteiger partial charge in [0.15, 0.2) is 11.3 Å². The normalized spacial score (nSPS) is 23.2. The summed E-state index contributed by atoms with van der Waals surface area (Å²) in [7, 11) is -3.90. The van der Waals surface area contributed by atoms with Gasteiger partial charge < -0.3 is 19.4 Å². The van der Waals surface area contributed by atoms with Crippen molar-refractivity contribution in [2.45, 2.75) is 102 Å². The van der Waals surface area contributed by atoms with Crippen LogP contribution in [0.5, 0.6) is 5.75 Å². The number of ether oxygens (including phenoxy) is 1. The van der Waals surface area contributed by atoms with E-state index in [0.717, 1.165) is 5.56 Å². The molecule has 2 aliphatic carbocycles. The molecule has 0 unspecified atom stereocenters. The van der Waals surface area contributed by atoms with E-state index in [9.17, 15) is 22.8 Å². The van der Waals surface area contributed by atoms with E-state index in [-0.39, 0.29) is 19.4 Å². The molecule has 2 saturated carbocycles. The number of nitrogens with zero attached hydrogens (tertiary/aromatic N) is 2. The third-order valence-electron chi connectivity index (χ3n) is 10.4. The van der Waals surface area contributed by atoms with Gasteiger partial charge in [-0.3, -0.25) is 23.9 Å². The number of sulfonamides is 1. The van der Waals surface area contributed by atoms with Crippen LogP contribution in [0.2, 0.25) is 5.02 Å². The smallest absolute Gasteiger partial charge is 0.259 e. The van der Waals surface area contributed by atoms with Crippen molar-refractivity contribution in [1.82, 2.24) is 25.4 Å². The molecule has 0 spiro atoms. The van der Waals surface area contributed by atoms with E-state index in [1.165, 1.54) is 11.0 Å². The van der Waals surface area contributed by atoms with Crippen LogP contribution in [-0.4, -0.2) is 77.1 Å². The molecule has 5 atom stereocenters. The minimum Gasteiger partial charge on any atom is -0.484 e. The molecule has 3 fully saturated rings. The molecule has 2 aromatic carbocycles. The minimum atomic E-state index is -3.90. The van der Waals surface area contributed by atoms with Crippen LogP contribution in [-0.2, 0) is 29.2 Å². The first kappa shape index (κ1) is 39.7. The molecular weight excluding hydrogens is 758 g/mol. The van der Waals surface area contributed by atoms with Crippen molar-refractivity contribution in [1.29, 1.82) is 0 Å². The summed E-state index contributed by atoms with van der Waals surface area (Å²) in [5.74, 6) is -2.01. The molecule has 3 amide bonds. The fraction of sp³-hybridized carbons (Fsp3) is 0.463. The van der Waals surface area contributed by atoms with Gasteiger partial charge in [0.1, 0.15) is 34.8 Å². The van der Waals surface area contributed by atoms with E-state index in [1.54, 1.807) is 24.3 Å². The number of furan rings is 1. The van der Waals surface area contributed by atoms with Crippen LogP contribution < -0.4 is 20.3 Å². The van der Waals surface area contributed by atoms with Gasteiger partial charge in [0, 0.05) is 34.4 Å². The zero-order valence-electron chi connectivity index (χ0n) is 32.3. The highest BCUT2D eigenvalue weighted by molar-refractivity contribution is 7.91. The summed E-state index contributed by atoms with van der Waals surface area (Å²) in [5, 5.41) is 3.42. The lowest BCUT2D eigenvalue weighted by Crippen LogP contribution is -2.60. The van der Waals surface area contributed by atoms with Gasteiger partial charge >= 0.3 is 0 Å². The van der Waals surface area contributed by atoms with Crippen molar-refractivity contribution in [3.8, 4) is 17.0 Å². The third kappa shape index (κ3) is 8.02. The zero-order chi connectivity index (χ0) is 40.4. The number of aromatic nitrogens is 1. The SMILES string of the molecule is C=C[C@@H]1C[C@]1(NC(=O)[C@@H]1C[C@@H](Oc2cc(-c3ccccc3)nc3c2oc2ccc(Cl)cc23)CN1C(=O)[C@@H](NOC(C)(C)C)C(C)(C)C)C(=O)NS(=O)(=O)C1CC1. The van der Waals surface area contributed by atoms with Crippen molar-refractivity contribution < 1.29 is 36.8 Å². The molecule has 298 valence electrons. The highest BCUT2D eigenvalue weighted by atomic mass is 35.5. The van der Waals surface area contributed by atoms with Gasteiger partial charge in [-0.15, -0.1) is 6.58 Å². The van der Waals surface area contributed by atoms with Crippen molar-refractivity contribution in [3.63, 3.8) is 0 Å². The average molecular weight is 806 g/mol. The second-order valence-corrected chi connectivity index (χ2v) is 19.5. The van der Waals surface area contributed by atoms with Crippen molar-refractivity contribution >= 4 is 61.4 Å². The Morgan fingerprint density at radius 2 is 1.79 bits per heavy atom. The number of hydrogen-bond donors (Lipinski definition) is 3. The number of rotatable bonds is 12. The predicted molar refractivity (Wildman–Crippen MR) is 213 cm³/mol. The Balaban J connectivity index is 1.24. The summed E-state index contributed by atoms with van der Waals surface area (Å²) in [4.78, 5) is 55.0. The van der Waals surface area contributed by atoms with Crippen LogP contribution in [0.3, 0.4) is 0 Å². The third-order valence-corrected chi connectivity index (χ3v) is 12.5. The molecule has 1 saturated heterocycles. The van der Waals surface area contributed by atoms with Crippen molar-refractivity contribution in [3.05, 3.63) is 72.3 Å². The second-order valence-electron chi connectivity index (χ2n) is 17.1. The number of carbonyl (C=O) groups excluding carboxylic acids is 3. The molecular formula is C41H48ClN5O8S. The van der Waals surface area contributed by atoms with Gasteiger partial charge in [0.2, 0.25) is 21.8 Å².